The summed E-state index contributed by atoms with van der Waals surface area (Å²) in [7, 11) is -0.397. The van der Waals surface area contributed by atoms with Crippen molar-refractivity contribution >= 4 is 10.2 Å². The molecule has 0 radical (unpaired) electrons. The molecule has 2 atom stereocenters. The minimum absolute atomic E-state index is 0.00854. The molecular formula is C15H20N4O3S. The van der Waals surface area contributed by atoms with Crippen molar-refractivity contribution in [1.82, 2.24) is 18.8 Å². The maximum absolute atomic E-state index is 12.5. The molecule has 23 heavy (non-hydrogen) atoms. The lowest BCUT2D eigenvalue weighted by atomic mass is 9.89. The summed E-state index contributed by atoms with van der Waals surface area (Å²) >= 11 is 0. The van der Waals surface area contributed by atoms with E-state index in [1.165, 1.54) is 22.7 Å². The van der Waals surface area contributed by atoms with E-state index >= 15 is 0 Å². The van der Waals surface area contributed by atoms with Gasteiger partial charge in [0.15, 0.2) is 5.82 Å². The van der Waals surface area contributed by atoms with Gasteiger partial charge in [0, 0.05) is 33.1 Å². The molecule has 1 fully saturated rings. The van der Waals surface area contributed by atoms with E-state index in [0.717, 1.165) is 5.56 Å². The summed E-state index contributed by atoms with van der Waals surface area (Å²) in [6.45, 7) is 2.49. The molecule has 8 heteroatoms. The fourth-order valence-electron chi connectivity index (χ4n) is 2.94. The van der Waals surface area contributed by atoms with Crippen molar-refractivity contribution in [2.24, 2.45) is 0 Å². The maximum atomic E-state index is 12.5. The monoisotopic (exact) mass is 336 g/mol. The fourth-order valence-corrected chi connectivity index (χ4v) is 4.10. The van der Waals surface area contributed by atoms with Gasteiger partial charge in [-0.2, -0.15) is 22.0 Å². The lowest BCUT2D eigenvalue weighted by molar-refractivity contribution is 0.344. The Hall–Kier alpha value is -1.77. The standard InChI is InChI=1S/C15H20N4O3S/c1-11-16-15(22-17-11)14-10-19(23(20,21)18(2)3)9-13(14)12-7-5-4-6-8-12/h4-8,13-14H,9-10H2,1-3H3/t13-,14+/m1/s1. The summed E-state index contributed by atoms with van der Waals surface area (Å²) in [6, 6.07) is 9.86. The lowest BCUT2D eigenvalue weighted by Crippen LogP contribution is -2.38. The number of rotatable bonds is 4. The van der Waals surface area contributed by atoms with Crippen LogP contribution in [0.3, 0.4) is 0 Å². The molecule has 0 saturated carbocycles. The van der Waals surface area contributed by atoms with Crippen LogP contribution in [0.1, 0.15) is 29.1 Å². The molecule has 1 aromatic heterocycles. The molecule has 1 aliphatic rings. The zero-order valence-corrected chi connectivity index (χ0v) is 14.2. The first kappa shape index (κ1) is 16.1. The molecule has 0 unspecified atom stereocenters. The topological polar surface area (TPSA) is 79.5 Å². The van der Waals surface area contributed by atoms with Crippen LogP contribution in [-0.2, 0) is 10.2 Å². The van der Waals surface area contributed by atoms with E-state index in [2.05, 4.69) is 10.1 Å². The zero-order chi connectivity index (χ0) is 16.6. The van der Waals surface area contributed by atoms with Gasteiger partial charge in [-0.3, -0.25) is 0 Å². The van der Waals surface area contributed by atoms with Crippen molar-refractivity contribution in [3.05, 3.63) is 47.6 Å². The van der Waals surface area contributed by atoms with E-state index in [4.69, 9.17) is 4.52 Å². The van der Waals surface area contributed by atoms with Gasteiger partial charge in [0.2, 0.25) is 5.89 Å². The van der Waals surface area contributed by atoms with Gasteiger partial charge in [-0.25, -0.2) is 0 Å². The van der Waals surface area contributed by atoms with Crippen molar-refractivity contribution in [2.45, 2.75) is 18.8 Å². The molecule has 0 amide bonds. The second kappa shape index (κ2) is 6.03. The Labute approximate surface area is 136 Å². The normalized spacial score (nSPS) is 22.8. The highest BCUT2D eigenvalue weighted by Crippen LogP contribution is 2.40. The third-order valence-corrected chi connectivity index (χ3v) is 6.04. The molecule has 0 N–H and O–H groups in total. The predicted octanol–water partition coefficient (Wildman–Crippen LogP) is 1.37. The van der Waals surface area contributed by atoms with E-state index < -0.39 is 10.2 Å². The van der Waals surface area contributed by atoms with Crippen molar-refractivity contribution in [3.8, 4) is 0 Å². The Morgan fingerprint density at radius 1 is 1.17 bits per heavy atom. The molecule has 2 heterocycles. The quantitative estimate of drug-likeness (QED) is 0.842. The summed E-state index contributed by atoms with van der Waals surface area (Å²) in [5.74, 6) is 0.896. The van der Waals surface area contributed by atoms with Crippen LogP contribution in [0.4, 0.5) is 0 Å². The summed E-state index contributed by atoms with van der Waals surface area (Å²) in [4.78, 5) is 4.32. The third kappa shape index (κ3) is 3.01. The second-order valence-electron chi connectivity index (χ2n) is 5.91. The first-order chi connectivity index (χ1) is 10.9. The molecule has 0 bridgehead atoms. The van der Waals surface area contributed by atoms with Crippen LogP contribution in [0.15, 0.2) is 34.9 Å². The van der Waals surface area contributed by atoms with Crippen molar-refractivity contribution in [3.63, 3.8) is 0 Å². The van der Waals surface area contributed by atoms with Gasteiger partial charge in [0.1, 0.15) is 0 Å². The molecule has 0 spiro atoms. The smallest absolute Gasteiger partial charge is 0.281 e. The minimum atomic E-state index is -3.47. The molecular weight excluding hydrogens is 316 g/mol. The van der Waals surface area contributed by atoms with E-state index in [1.807, 2.05) is 30.3 Å². The van der Waals surface area contributed by atoms with Crippen molar-refractivity contribution in [1.29, 1.82) is 0 Å². The van der Waals surface area contributed by atoms with Gasteiger partial charge in [-0.05, 0) is 12.5 Å². The van der Waals surface area contributed by atoms with E-state index in [9.17, 15) is 8.42 Å². The summed E-state index contributed by atoms with van der Waals surface area (Å²) in [5, 5.41) is 3.85. The van der Waals surface area contributed by atoms with Crippen molar-refractivity contribution in [2.75, 3.05) is 27.2 Å². The number of aromatic nitrogens is 2. The Balaban J connectivity index is 1.98. The molecule has 1 aromatic carbocycles. The minimum Gasteiger partial charge on any atom is -0.339 e. The molecule has 7 nitrogen and oxygen atoms in total. The molecule has 1 aliphatic heterocycles. The van der Waals surface area contributed by atoms with E-state index in [1.54, 1.807) is 6.92 Å². The summed E-state index contributed by atoms with van der Waals surface area (Å²) in [5.41, 5.74) is 1.07. The molecule has 124 valence electrons. The zero-order valence-electron chi connectivity index (χ0n) is 13.4. The first-order valence-corrected chi connectivity index (χ1v) is 8.82. The Morgan fingerprint density at radius 2 is 1.83 bits per heavy atom. The van der Waals surface area contributed by atoms with Gasteiger partial charge in [-0.15, -0.1) is 0 Å². The first-order valence-electron chi connectivity index (χ1n) is 7.42. The molecule has 2 aromatic rings. The van der Waals surface area contributed by atoms with Gasteiger partial charge >= 0.3 is 0 Å². The Kier molecular flexibility index (Phi) is 4.22. The fraction of sp³-hybridized carbons (Fsp3) is 0.467. The largest absolute Gasteiger partial charge is 0.339 e. The van der Waals surface area contributed by atoms with E-state index in [0.29, 0.717) is 24.8 Å². The van der Waals surface area contributed by atoms with Crippen LogP contribution >= 0.6 is 0 Å². The van der Waals surface area contributed by atoms with Crippen molar-refractivity contribution < 1.29 is 12.9 Å². The molecule has 0 aliphatic carbocycles. The number of aryl methyl sites for hydroxylation is 1. The van der Waals surface area contributed by atoms with Crippen LogP contribution < -0.4 is 0 Å². The summed E-state index contributed by atoms with van der Waals surface area (Å²) in [6.07, 6.45) is 0. The van der Waals surface area contributed by atoms with Gasteiger partial charge < -0.3 is 4.52 Å². The van der Waals surface area contributed by atoms with Crippen LogP contribution in [0.25, 0.3) is 0 Å². The van der Waals surface area contributed by atoms with Gasteiger partial charge in [0.05, 0.1) is 5.92 Å². The molecule has 1 saturated heterocycles. The summed E-state index contributed by atoms with van der Waals surface area (Å²) < 4.78 is 33.0. The lowest BCUT2D eigenvalue weighted by Gasteiger charge is -2.20. The highest BCUT2D eigenvalue weighted by Gasteiger charge is 2.43. The Morgan fingerprint density at radius 3 is 2.39 bits per heavy atom. The predicted molar refractivity (Wildman–Crippen MR) is 85.1 cm³/mol. The van der Waals surface area contributed by atoms with Crippen LogP contribution in [-0.4, -0.2) is 54.4 Å². The Bertz CT molecular complexity index is 773. The highest BCUT2D eigenvalue weighted by molar-refractivity contribution is 7.86. The van der Waals surface area contributed by atoms with Gasteiger partial charge in [-0.1, -0.05) is 35.5 Å². The molecule has 3 rings (SSSR count). The SMILES string of the molecule is Cc1noc([C@H]2CN(S(=O)(=O)N(C)C)C[C@@H]2c2ccccc2)n1. The van der Waals surface area contributed by atoms with Crippen LogP contribution in [0, 0.1) is 6.92 Å². The maximum Gasteiger partial charge on any atom is 0.281 e. The highest BCUT2D eigenvalue weighted by atomic mass is 32.2. The number of hydrogen-bond acceptors (Lipinski definition) is 5. The third-order valence-electron chi connectivity index (χ3n) is 4.16. The average molecular weight is 336 g/mol. The van der Waals surface area contributed by atoms with Crippen LogP contribution in [0.2, 0.25) is 0 Å². The second-order valence-corrected chi connectivity index (χ2v) is 8.05. The van der Waals surface area contributed by atoms with Gasteiger partial charge in [0.25, 0.3) is 10.2 Å². The average Bonchev–Trinajstić information content (AvgIpc) is 3.14. The number of benzene rings is 1. The number of hydrogen-bond donors (Lipinski definition) is 0. The number of nitrogens with zero attached hydrogens (tertiary/aromatic N) is 4. The van der Waals surface area contributed by atoms with E-state index in [-0.39, 0.29) is 11.8 Å². The van der Waals surface area contributed by atoms with Crippen LogP contribution in [0.5, 0.6) is 0 Å².